The van der Waals surface area contributed by atoms with Crippen LogP contribution in [0.4, 0.5) is 0 Å². The van der Waals surface area contributed by atoms with Crippen molar-refractivity contribution in [1.29, 1.82) is 0 Å². The van der Waals surface area contributed by atoms with Gasteiger partial charge in [0.15, 0.2) is 0 Å². The van der Waals surface area contributed by atoms with Crippen LogP contribution in [0.2, 0.25) is 0 Å². The predicted molar refractivity (Wildman–Crippen MR) is 147 cm³/mol. The number of pyridine rings is 1. The number of aromatic nitrogens is 1. The Bertz CT molecular complexity index is 1360. The average molecular weight is 556 g/mol. The summed E-state index contributed by atoms with van der Waals surface area (Å²) in [5.74, 6) is 5.35. The third-order valence-electron chi connectivity index (χ3n) is 7.56. The van der Waals surface area contributed by atoms with E-state index in [0.29, 0.717) is 18.4 Å². The second-order valence-corrected chi connectivity index (χ2v) is 12.8. The lowest BCUT2D eigenvalue weighted by Crippen LogP contribution is -2.50. The zero-order valence-electron chi connectivity index (χ0n) is 22.9. The monoisotopic (exact) mass is 555 g/mol. The number of carbonyl (C=O) groups is 1. The summed E-state index contributed by atoms with van der Waals surface area (Å²) in [6, 6.07) is 7.77. The largest absolute Gasteiger partial charge is 0.472 e. The molecule has 2 aromatic rings. The van der Waals surface area contributed by atoms with Crippen LogP contribution < -0.4 is 4.74 Å². The van der Waals surface area contributed by atoms with E-state index >= 15 is 0 Å². The fourth-order valence-corrected chi connectivity index (χ4v) is 6.09. The highest BCUT2D eigenvalue weighted by molar-refractivity contribution is 7.89. The van der Waals surface area contributed by atoms with Gasteiger partial charge in [-0.2, -0.15) is 4.31 Å². The molecule has 10 heteroatoms. The number of hydrogen-bond donors (Lipinski definition) is 2. The maximum absolute atomic E-state index is 13.6. The van der Waals surface area contributed by atoms with Gasteiger partial charge in [0.1, 0.15) is 17.3 Å². The van der Waals surface area contributed by atoms with Crippen LogP contribution in [-0.4, -0.2) is 83.2 Å². The first-order valence-corrected chi connectivity index (χ1v) is 14.7. The first kappa shape index (κ1) is 29.0. The molecule has 0 bridgehead atoms. The summed E-state index contributed by atoms with van der Waals surface area (Å²) in [5.41, 5.74) is 0.574. The summed E-state index contributed by atoms with van der Waals surface area (Å²) in [6.45, 7) is 5.57. The van der Waals surface area contributed by atoms with E-state index < -0.39 is 27.8 Å². The fourth-order valence-electron chi connectivity index (χ4n) is 4.90. The maximum atomic E-state index is 13.6. The third-order valence-corrected chi connectivity index (χ3v) is 9.40. The van der Waals surface area contributed by atoms with Gasteiger partial charge in [-0.25, -0.2) is 13.4 Å². The zero-order valence-corrected chi connectivity index (χ0v) is 23.7. The average Bonchev–Trinajstić information content (AvgIpc) is 3.35. The summed E-state index contributed by atoms with van der Waals surface area (Å²) >= 11 is 0. The number of carbonyl (C=O) groups excluding carboxylic acids is 1. The van der Waals surface area contributed by atoms with Crippen molar-refractivity contribution in [3.05, 3.63) is 53.2 Å². The van der Waals surface area contributed by atoms with E-state index in [0.717, 1.165) is 18.4 Å². The van der Waals surface area contributed by atoms with Gasteiger partial charge in [0, 0.05) is 31.3 Å². The minimum Gasteiger partial charge on any atom is -0.472 e. The molecule has 2 heterocycles. The van der Waals surface area contributed by atoms with Crippen LogP contribution in [0.25, 0.3) is 0 Å². The van der Waals surface area contributed by atoms with Gasteiger partial charge in [-0.1, -0.05) is 36.5 Å². The Balaban J connectivity index is 1.66. The molecule has 1 saturated carbocycles. The molecule has 2 aliphatic rings. The van der Waals surface area contributed by atoms with Crippen molar-refractivity contribution in [2.24, 2.45) is 5.92 Å². The molecule has 0 unspecified atom stereocenters. The summed E-state index contributed by atoms with van der Waals surface area (Å²) in [7, 11) is -2.28. The number of amides is 1. The Morgan fingerprint density at radius 1 is 1.26 bits per heavy atom. The van der Waals surface area contributed by atoms with E-state index in [1.165, 1.54) is 17.5 Å². The van der Waals surface area contributed by atoms with Gasteiger partial charge in [-0.3, -0.25) is 4.79 Å². The number of ether oxygens (including phenoxy) is 1. The maximum Gasteiger partial charge on any atom is 0.259 e. The first-order chi connectivity index (χ1) is 18.4. The molecule has 210 valence electrons. The highest BCUT2D eigenvalue weighted by atomic mass is 32.2. The van der Waals surface area contributed by atoms with Crippen molar-refractivity contribution in [1.82, 2.24) is 14.2 Å². The standard InChI is InChI=1S/C29H37N3O6S/c1-20-7-9-24(10-8-20)39(36,37)31(4)18-26-21(2)17-32(22(3)19-33)28(34)25-15-23(16-30-27(25)38-26)11-14-29(35)12-5-6-13-29/h7-10,15-16,21-22,26,33,35H,5-6,12-13,17-19H2,1-4H3/t21-,22+,26-/m0/s1. The molecular formula is C29H37N3O6S. The molecule has 4 rings (SSSR count). The van der Waals surface area contributed by atoms with Crippen LogP contribution >= 0.6 is 0 Å². The highest BCUT2D eigenvalue weighted by Crippen LogP contribution is 2.30. The second kappa shape index (κ2) is 11.6. The smallest absolute Gasteiger partial charge is 0.259 e. The van der Waals surface area contributed by atoms with Crippen molar-refractivity contribution in [2.75, 3.05) is 26.7 Å². The normalized spacial score (nSPS) is 21.8. The van der Waals surface area contributed by atoms with E-state index in [1.807, 2.05) is 13.8 Å². The Morgan fingerprint density at radius 3 is 2.56 bits per heavy atom. The van der Waals surface area contributed by atoms with E-state index in [1.54, 1.807) is 42.2 Å². The Morgan fingerprint density at radius 2 is 1.92 bits per heavy atom. The van der Waals surface area contributed by atoms with E-state index in [-0.39, 0.29) is 47.9 Å². The van der Waals surface area contributed by atoms with Crippen molar-refractivity contribution < 1.29 is 28.2 Å². The molecule has 1 fully saturated rings. The van der Waals surface area contributed by atoms with E-state index in [2.05, 4.69) is 16.8 Å². The summed E-state index contributed by atoms with van der Waals surface area (Å²) in [6.07, 6.45) is 3.93. The molecule has 1 aliphatic carbocycles. The van der Waals surface area contributed by atoms with Crippen LogP contribution in [0.3, 0.4) is 0 Å². The quantitative estimate of drug-likeness (QED) is 0.526. The van der Waals surface area contributed by atoms with E-state index in [4.69, 9.17) is 4.74 Å². The van der Waals surface area contributed by atoms with Crippen molar-refractivity contribution in [2.45, 2.75) is 69.1 Å². The first-order valence-electron chi connectivity index (χ1n) is 13.3. The van der Waals surface area contributed by atoms with Crippen LogP contribution in [0, 0.1) is 24.7 Å². The lowest BCUT2D eigenvalue weighted by atomic mass is 10.00. The number of benzene rings is 1. The zero-order chi connectivity index (χ0) is 28.4. The van der Waals surface area contributed by atoms with Crippen LogP contribution in [0.1, 0.15) is 61.0 Å². The van der Waals surface area contributed by atoms with Gasteiger partial charge in [-0.05, 0) is 57.7 Å². The summed E-state index contributed by atoms with van der Waals surface area (Å²) in [4.78, 5) is 19.8. The number of sulfonamides is 1. The number of fused-ring (bicyclic) bond motifs is 1. The van der Waals surface area contributed by atoms with Gasteiger partial charge in [0.25, 0.3) is 5.91 Å². The molecule has 1 aliphatic heterocycles. The topological polar surface area (TPSA) is 120 Å². The number of aliphatic hydroxyl groups is 2. The molecule has 3 atom stereocenters. The number of aryl methyl sites for hydroxylation is 1. The fraction of sp³-hybridized carbons (Fsp3) is 0.517. The predicted octanol–water partition coefficient (Wildman–Crippen LogP) is 2.59. The molecule has 9 nitrogen and oxygen atoms in total. The third kappa shape index (κ3) is 6.44. The SMILES string of the molecule is Cc1ccc(S(=O)(=O)N(C)C[C@@H]2Oc3ncc(C#CC4(O)CCCC4)cc3C(=O)N([C@H](C)CO)C[C@@H]2C)cc1. The molecule has 2 N–H and O–H groups in total. The lowest BCUT2D eigenvalue weighted by molar-refractivity contribution is 0.0373. The summed E-state index contributed by atoms with van der Waals surface area (Å²) in [5, 5.41) is 20.5. The van der Waals surface area contributed by atoms with Crippen LogP contribution in [0.15, 0.2) is 41.4 Å². The molecule has 0 spiro atoms. The minimum atomic E-state index is -3.78. The number of nitrogens with zero attached hydrogens (tertiary/aromatic N) is 3. The number of rotatable bonds is 6. The van der Waals surface area contributed by atoms with Crippen molar-refractivity contribution >= 4 is 15.9 Å². The van der Waals surface area contributed by atoms with Gasteiger partial charge in [-0.15, -0.1) is 0 Å². The molecule has 39 heavy (non-hydrogen) atoms. The highest BCUT2D eigenvalue weighted by Gasteiger charge is 2.36. The number of likely N-dealkylation sites (N-methyl/N-ethyl adjacent to an activating group) is 1. The minimum absolute atomic E-state index is 0.0304. The lowest BCUT2D eigenvalue weighted by Gasteiger charge is -2.37. The van der Waals surface area contributed by atoms with Crippen LogP contribution in [0.5, 0.6) is 5.88 Å². The second-order valence-electron chi connectivity index (χ2n) is 10.8. The molecule has 0 saturated heterocycles. The Kier molecular flexibility index (Phi) is 8.66. The molecular weight excluding hydrogens is 518 g/mol. The summed E-state index contributed by atoms with van der Waals surface area (Å²) < 4.78 is 34.0. The molecule has 0 radical (unpaired) electrons. The van der Waals surface area contributed by atoms with Gasteiger partial charge >= 0.3 is 0 Å². The van der Waals surface area contributed by atoms with Crippen molar-refractivity contribution in [3.8, 4) is 17.7 Å². The van der Waals surface area contributed by atoms with Gasteiger partial charge < -0.3 is 19.8 Å². The number of aliphatic hydroxyl groups excluding tert-OH is 1. The number of hydrogen-bond acceptors (Lipinski definition) is 7. The molecule has 1 aromatic heterocycles. The van der Waals surface area contributed by atoms with Gasteiger partial charge in [0.05, 0.1) is 24.1 Å². The molecule has 1 amide bonds. The molecule has 1 aromatic carbocycles. The Labute approximate surface area is 230 Å². The van der Waals surface area contributed by atoms with Crippen LogP contribution in [-0.2, 0) is 10.0 Å². The Hall–Kier alpha value is -2.97. The van der Waals surface area contributed by atoms with Gasteiger partial charge in [0.2, 0.25) is 15.9 Å². The van der Waals surface area contributed by atoms with Crippen molar-refractivity contribution in [3.63, 3.8) is 0 Å². The van der Waals surface area contributed by atoms with E-state index in [9.17, 15) is 23.4 Å².